The van der Waals surface area contributed by atoms with Gasteiger partial charge in [0.25, 0.3) is 0 Å². The van der Waals surface area contributed by atoms with Gasteiger partial charge in [-0.25, -0.2) is 8.78 Å². The normalized spacial score (nSPS) is 13.1. The van der Waals surface area contributed by atoms with Gasteiger partial charge in [0.15, 0.2) is 0 Å². The fraction of sp³-hybridized carbons (Fsp3) is 0.200. The Morgan fingerprint density at radius 1 is 0.909 bits per heavy atom. The Kier molecular flexibility index (Phi) is 4.95. The minimum Gasteiger partial charge on any atom is -0.259 e. The van der Waals surface area contributed by atoms with Gasteiger partial charge in [-0.15, -0.1) is 0 Å². The third-order valence-corrected chi connectivity index (χ3v) is 4.23. The van der Waals surface area contributed by atoms with Crippen molar-refractivity contribution in [3.8, 4) is 0 Å². The van der Waals surface area contributed by atoms with Crippen LogP contribution in [0, 0.1) is 11.6 Å². The number of halogens is 5. The summed E-state index contributed by atoms with van der Waals surface area (Å²) in [5.41, 5.74) is -0.230. The Morgan fingerprint density at radius 2 is 1.55 bits per heavy atom. The minimum absolute atomic E-state index is 0.00501. The lowest BCUT2D eigenvalue weighted by atomic mass is 10.1. The Balaban J connectivity index is 2.03. The highest BCUT2D eigenvalue weighted by atomic mass is 32.2. The Bertz CT molecular complexity index is 679. The molecule has 2 rings (SSSR count). The molecule has 1 nitrogen and oxygen atoms in total. The van der Waals surface area contributed by atoms with Crippen molar-refractivity contribution in [3.05, 3.63) is 70.8 Å². The molecule has 0 aliphatic heterocycles. The molecule has 0 spiro atoms. The molecular weight excluding hydrogens is 323 g/mol. The molecule has 0 fully saturated rings. The topological polar surface area (TPSA) is 17.1 Å². The smallest absolute Gasteiger partial charge is 0.259 e. The lowest BCUT2D eigenvalue weighted by Crippen LogP contribution is -2.05. The van der Waals surface area contributed by atoms with Gasteiger partial charge in [0.2, 0.25) is 0 Å². The molecule has 22 heavy (non-hydrogen) atoms. The summed E-state index contributed by atoms with van der Waals surface area (Å²) in [6.07, 6.45) is -4.42. The molecule has 2 aromatic carbocycles. The SMILES string of the molecule is O=S(Cc1ccc(C(F)(F)F)cc1)Cc1ccc(F)cc1F. The minimum atomic E-state index is -4.42. The average molecular weight is 334 g/mol. The predicted molar refractivity (Wildman–Crippen MR) is 73.4 cm³/mol. The van der Waals surface area contributed by atoms with Crippen LogP contribution in [-0.4, -0.2) is 4.21 Å². The van der Waals surface area contributed by atoms with Gasteiger partial charge in [-0.05, 0) is 23.8 Å². The number of alkyl halides is 3. The summed E-state index contributed by atoms with van der Waals surface area (Å²) in [5.74, 6) is -1.65. The van der Waals surface area contributed by atoms with Gasteiger partial charge in [0, 0.05) is 28.2 Å². The molecular formula is C15H11F5OS. The molecule has 0 heterocycles. The maximum Gasteiger partial charge on any atom is 0.416 e. The molecule has 7 heteroatoms. The highest BCUT2D eigenvalue weighted by Crippen LogP contribution is 2.29. The zero-order valence-electron chi connectivity index (χ0n) is 11.2. The monoisotopic (exact) mass is 334 g/mol. The summed E-state index contributed by atoms with van der Waals surface area (Å²) in [7, 11) is -1.51. The van der Waals surface area contributed by atoms with Gasteiger partial charge in [-0.2, -0.15) is 13.2 Å². The van der Waals surface area contributed by atoms with Crippen molar-refractivity contribution in [1.29, 1.82) is 0 Å². The first-order valence-electron chi connectivity index (χ1n) is 6.21. The van der Waals surface area contributed by atoms with Crippen LogP contribution in [0.25, 0.3) is 0 Å². The van der Waals surface area contributed by atoms with Crippen molar-refractivity contribution in [3.63, 3.8) is 0 Å². The molecule has 0 amide bonds. The first kappa shape index (κ1) is 16.6. The van der Waals surface area contributed by atoms with E-state index in [1.807, 2.05) is 0 Å². The fourth-order valence-corrected chi connectivity index (χ4v) is 3.09. The first-order valence-corrected chi connectivity index (χ1v) is 7.69. The average Bonchev–Trinajstić information content (AvgIpc) is 2.41. The van der Waals surface area contributed by atoms with E-state index in [1.165, 1.54) is 18.2 Å². The van der Waals surface area contributed by atoms with Gasteiger partial charge in [0.05, 0.1) is 11.3 Å². The Morgan fingerprint density at radius 3 is 2.09 bits per heavy atom. The zero-order chi connectivity index (χ0) is 16.3. The van der Waals surface area contributed by atoms with Crippen molar-refractivity contribution >= 4 is 10.8 Å². The Hall–Kier alpha value is -1.76. The second-order valence-corrected chi connectivity index (χ2v) is 6.12. The van der Waals surface area contributed by atoms with E-state index < -0.39 is 34.2 Å². The summed E-state index contributed by atoms with van der Waals surface area (Å²) < 4.78 is 75.4. The number of benzene rings is 2. The van der Waals surface area contributed by atoms with Crippen LogP contribution < -0.4 is 0 Å². The van der Waals surface area contributed by atoms with Crippen molar-refractivity contribution < 1.29 is 26.2 Å². The van der Waals surface area contributed by atoms with Gasteiger partial charge >= 0.3 is 6.18 Å². The first-order chi connectivity index (χ1) is 10.3. The number of hydrogen-bond acceptors (Lipinski definition) is 1. The molecule has 1 atom stereocenters. The fourth-order valence-electron chi connectivity index (χ4n) is 1.84. The van der Waals surface area contributed by atoms with Crippen LogP contribution in [-0.2, 0) is 28.5 Å². The maximum atomic E-state index is 13.4. The van der Waals surface area contributed by atoms with Crippen LogP contribution in [0.5, 0.6) is 0 Å². The van der Waals surface area contributed by atoms with Crippen LogP contribution >= 0.6 is 0 Å². The predicted octanol–water partition coefficient (Wildman–Crippen LogP) is 4.43. The number of hydrogen-bond donors (Lipinski definition) is 0. The third-order valence-electron chi connectivity index (χ3n) is 2.94. The van der Waals surface area contributed by atoms with E-state index in [0.29, 0.717) is 11.6 Å². The van der Waals surface area contributed by atoms with Crippen LogP contribution in [0.3, 0.4) is 0 Å². The zero-order valence-corrected chi connectivity index (χ0v) is 12.0. The van der Waals surface area contributed by atoms with Crippen LogP contribution in [0.15, 0.2) is 42.5 Å². The van der Waals surface area contributed by atoms with E-state index >= 15 is 0 Å². The third kappa shape index (κ3) is 4.37. The van der Waals surface area contributed by atoms with E-state index in [1.54, 1.807) is 0 Å². The van der Waals surface area contributed by atoms with Crippen molar-refractivity contribution in [2.24, 2.45) is 0 Å². The second-order valence-electron chi connectivity index (χ2n) is 4.66. The lowest BCUT2D eigenvalue weighted by molar-refractivity contribution is -0.137. The van der Waals surface area contributed by atoms with Crippen molar-refractivity contribution in [2.75, 3.05) is 0 Å². The largest absolute Gasteiger partial charge is 0.416 e. The van der Waals surface area contributed by atoms with E-state index in [-0.39, 0.29) is 17.1 Å². The Labute approximate surface area is 126 Å². The van der Waals surface area contributed by atoms with Crippen LogP contribution in [0.4, 0.5) is 22.0 Å². The van der Waals surface area contributed by atoms with E-state index in [0.717, 1.165) is 18.2 Å². The summed E-state index contributed by atoms with van der Waals surface area (Å²) in [5, 5.41) is 0. The maximum absolute atomic E-state index is 13.4. The highest BCUT2D eigenvalue weighted by molar-refractivity contribution is 7.83. The summed E-state index contributed by atoms with van der Waals surface area (Å²) in [6.45, 7) is 0. The van der Waals surface area contributed by atoms with Gasteiger partial charge in [-0.3, -0.25) is 4.21 Å². The van der Waals surface area contributed by atoms with Crippen LogP contribution in [0.1, 0.15) is 16.7 Å². The van der Waals surface area contributed by atoms with Gasteiger partial charge < -0.3 is 0 Å². The van der Waals surface area contributed by atoms with Crippen molar-refractivity contribution in [1.82, 2.24) is 0 Å². The molecule has 0 aromatic heterocycles. The molecule has 118 valence electrons. The van der Waals surface area contributed by atoms with E-state index in [9.17, 15) is 26.2 Å². The standard InChI is InChI=1S/C15H11F5OS/c16-13-6-3-11(14(17)7-13)9-22(21)8-10-1-4-12(5-2-10)15(18,19)20/h1-7H,8-9H2. The molecule has 0 aliphatic rings. The number of rotatable bonds is 4. The second kappa shape index (κ2) is 6.56. The van der Waals surface area contributed by atoms with Crippen LogP contribution in [0.2, 0.25) is 0 Å². The molecule has 0 bridgehead atoms. The van der Waals surface area contributed by atoms with E-state index in [2.05, 4.69) is 0 Å². The highest BCUT2D eigenvalue weighted by Gasteiger charge is 2.29. The molecule has 2 aromatic rings. The molecule has 0 saturated heterocycles. The lowest BCUT2D eigenvalue weighted by Gasteiger charge is -2.08. The van der Waals surface area contributed by atoms with E-state index in [4.69, 9.17) is 0 Å². The molecule has 0 aliphatic carbocycles. The molecule has 0 N–H and O–H groups in total. The van der Waals surface area contributed by atoms with Gasteiger partial charge in [-0.1, -0.05) is 18.2 Å². The molecule has 0 saturated carbocycles. The summed E-state index contributed by atoms with van der Waals surface area (Å²) in [6, 6.07) is 7.26. The summed E-state index contributed by atoms with van der Waals surface area (Å²) >= 11 is 0. The quantitative estimate of drug-likeness (QED) is 0.756. The molecule has 0 radical (unpaired) electrons. The summed E-state index contributed by atoms with van der Waals surface area (Å²) in [4.78, 5) is 0. The van der Waals surface area contributed by atoms with Gasteiger partial charge in [0.1, 0.15) is 11.6 Å². The molecule has 1 unspecified atom stereocenters. The van der Waals surface area contributed by atoms with Crippen molar-refractivity contribution in [2.45, 2.75) is 17.7 Å².